The van der Waals surface area contributed by atoms with Crippen LogP contribution in [0.3, 0.4) is 0 Å². The lowest BCUT2D eigenvalue weighted by Gasteiger charge is -2.15. The number of carbonyl (C=O) groups excluding carboxylic acids is 1. The van der Waals surface area contributed by atoms with Crippen LogP contribution >= 0.6 is 15.9 Å². The van der Waals surface area contributed by atoms with E-state index in [0.29, 0.717) is 18.5 Å². The van der Waals surface area contributed by atoms with Crippen LogP contribution in [0.1, 0.15) is 6.42 Å². The molecule has 1 aromatic heterocycles. The fourth-order valence-corrected chi connectivity index (χ4v) is 2.55. The molecule has 1 aromatic carbocycles. The number of oxazole rings is 1. The van der Waals surface area contributed by atoms with Gasteiger partial charge in [0.05, 0.1) is 5.69 Å². The number of nitrogens with zero attached hydrogens (tertiary/aromatic N) is 2. The molecule has 1 saturated heterocycles. The van der Waals surface area contributed by atoms with Crippen molar-refractivity contribution in [1.29, 1.82) is 0 Å². The molecule has 82 valence electrons. The standard InChI is InChI=1S/C11H9BrN2O2/c12-7-4-10(15)14(5-7)8-2-1-3-9-11(8)13-6-16-9/h1-3,6-7H,4-5H2. The molecule has 16 heavy (non-hydrogen) atoms. The molecule has 4 nitrogen and oxygen atoms in total. The number of hydrogen-bond acceptors (Lipinski definition) is 3. The topological polar surface area (TPSA) is 46.3 Å². The Morgan fingerprint density at radius 1 is 1.50 bits per heavy atom. The highest BCUT2D eigenvalue weighted by atomic mass is 79.9. The molecule has 0 bridgehead atoms. The van der Waals surface area contributed by atoms with Crippen molar-refractivity contribution in [3.63, 3.8) is 0 Å². The van der Waals surface area contributed by atoms with E-state index in [2.05, 4.69) is 20.9 Å². The van der Waals surface area contributed by atoms with Crippen molar-refractivity contribution >= 4 is 38.6 Å². The molecule has 3 rings (SSSR count). The Bertz CT molecular complexity index is 552. The highest BCUT2D eigenvalue weighted by Crippen LogP contribution is 2.30. The molecule has 0 radical (unpaired) electrons. The van der Waals surface area contributed by atoms with E-state index in [1.807, 2.05) is 18.2 Å². The molecule has 1 aliphatic rings. The molecule has 2 aromatic rings. The number of halogens is 1. The van der Waals surface area contributed by atoms with Crippen LogP contribution in [0.4, 0.5) is 5.69 Å². The average Bonchev–Trinajstić information content (AvgIpc) is 2.84. The first kappa shape index (κ1) is 9.84. The molecule has 1 atom stereocenters. The molecule has 5 heteroatoms. The van der Waals surface area contributed by atoms with Gasteiger partial charge in [-0.3, -0.25) is 4.79 Å². The zero-order chi connectivity index (χ0) is 11.1. The molecular formula is C11H9BrN2O2. The van der Waals surface area contributed by atoms with E-state index >= 15 is 0 Å². The number of carbonyl (C=O) groups is 1. The summed E-state index contributed by atoms with van der Waals surface area (Å²) >= 11 is 3.46. The third-order valence-corrected chi connectivity index (χ3v) is 3.32. The lowest BCUT2D eigenvalue weighted by molar-refractivity contribution is -0.117. The second kappa shape index (κ2) is 3.59. The van der Waals surface area contributed by atoms with Crippen LogP contribution in [-0.4, -0.2) is 22.3 Å². The van der Waals surface area contributed by atoms with Crippen molar-refractivity contribution in [2.45, 2.75) is 11.2 Å². The third kappa shape index (κ3) is 1.43. The fraction of sp³-hybridized carbons (Fsp3) is 0.273. The molecule has 0 saturated carbocycles. The highest BCUT2D eigenvalue weighted by Gasteiger charge is 2.30. The van der Waals surface area contributed by atoms with Gasteiger partial charge >= 0.3 is 0 Å². The van der Waals surface area contributed by atoms with Crippen LogP contribution in [0.25, 0.3) is 11.1 Å². The van der Waals surface area contributed by atoms with Gasteiger partial charge in [-0.25, -0.2) is 4.98 Å². The van der Waals surface area contributed by atoms with Crippen LogP contribution in [0.5, 0.6) is 0 Å². The van der Waals surface area contributed by atoms with Crippen LogP contribution in [0.2, 0.25) is 0 Å². The molecule has 1 aliphatic heterocycles. The number of fused-ring (bicyclic) bond motifs is 1. The summed E-state index contributed by atoms with van der Waals surface area (Å²) in [5, 5.41) is 0. The number of rotatable bonds is 1. The highest BCUT2D eigenvalue weighted by molar-refractivity contribution is 9.09. The number of alkyl halides is 1. The van der Waals surface area contributed by atoms with Crippen molar-refractivity contribution in [3.05, 3.63) is 24.6 Å². The Morgan fingerprint density at radius 2 is 2.38 bits per heavy atom. The van der Waals surface area contributed by atoms with Crippen LogP contribution < -0.4 is 4.90 Å². The van der Waals surface area contributed by atoms with Gasteiger partial charge in [0.25, 0.3) is 0 Å². The third-order valence-electron chi connectivity index (χ3n) is 2.71. The minimum absolute atomic E-state index is 0.123. The first-order chi connectivity index (χ1) is 7.75. The van der Waals surface area contributed by atoms with Crippen molar-refractivity contribution in [2.75, 3.05) is 11.4 Å². The lowest BCUT2D eigenvalue weighted by atomic mass is 10.2. The maximum absolute atomic E-state index is 11.8. The van der Waals surface area contributed by atoms with Gasteiger partial charge < -0.3 is 9.32 Å². The van der Waals surface area contributed by atoms with Gasteiger partial charge in [-0.05, 0) is 12.1 Å². The van der Waals surface area contributed by atoms with Gasteiger partial charge in [-0.15, -0.1) is 0 Å². The summed E-state index contributed by atoms with van der Waals surface area (Å²) in [7, 11) is 0. The Kier molecular flexibility index (Phi) is 2.21. The molecular weight excluding hydrogens is 272 g/mol. The van der Waals surface area contributed by atoms with E-state index in [1.54, 1.807) is 4.90 Å². The number of para-hydroxylation sites is 1. The Labute approximate surface area is 100 Å². The molecule has 0 spiro atoms. The molecule has 2 heterocycles. The molecule has 0 N–H and O–H groups in total. The van der Waals surface area contributed by atoms with E-state index < -0.39 is 0 Å². The summed E-state index contributed by atoms with van der Waals surface area (Å²) in [4.78, 5) is 17.9. The summed E-state index contributed by atoms with van der Waals surface area (Å²) in [5.74, 6) is 0.123. The van der Waals surface area contributed by atoms with Gasteiger partial charge in [-0.1, -0.05) is 22.0 Å². The van der Waals surface area contributed by atoms with Gasteiger partial charge in [0.2, 0.25) is 5.91 Å². The molecule has 1 amide bonds. The molecule has 1 fully saturated rings. The quantitative estimate of drug-likeness (QED) is 0.754. The van der Waals surface area contributed by atoms with Gasteiger partial charge in [0.1, 0.15) is 5.52 Å². The number of anilines is 1. The van der Waals surface area contributed by atoms with E-state index in [1.165, 1.54) is 6.39 Å². The van der Waals surface area contributed by atoms with Crippen molar-refractivity contribution < 1.29 is 9.21 Å². The predicted molar refractivity (Wildman–Crippen MR) is 63.7 cm³/mol. The summed E-state index contributed by atoms with van der Waals surface area (Å²) in [6.07, 6.45) is 1.94. The maximum Gasteiger partial charge on any atom is 0.228 e. The van der Waals surface area contributed by atoms with Gasteiger partial charge in [0, 0.05) is 17.8 Å². The smallest absolute Gasteiger partial charge is 0.228 e. The average molecular weight is 281 g/mol. The predicted octanol–water partition coefficient (Wildman–Crippen LogP) is 2.33. The maximum atomic E-state index is 11.8. The van der Waals surface area contributed by atoms with Crippen LogP contribution in [-0.2, 0) is 4.79 Å². The number of amides is 1. The number of hydrogen-bond donors (Lipinski definition) is 0. The van der Waals surface area contributed by atoms with Crippen LogP contribution in [0, 0.1) is 0 Å². The summed E-state index contributed by atoms with van der Waals surface area (Å²) in [6.45, 7) is 0.685. The summed E-state index contributed by atoms with van der Waals surface area (Å²) in [5.41, 5.74) is 2.29. The van der Waals surface area contributed by atoms with Crippen molar-refractivity contribution in [1.82, 2.24) is 4.98 Å². The SMILES string of the molecule is O=C1CC(Br)CN1c1cccc2ocnc12. The zero-order valence-corrected chi connectivity index (χ0v) is 9.98. The Hall–Kier alpha value is -1.36. The monoisotopic (exact) mass is 280 g/mol. The van der Waals surface area contributed by atoms with Crippen LogP contribution in [0.15, 0.2) is 29.0 Å². The Morgan fingerprint density at radius 3 is 3.12 bits per heavy atom. The second-order valence-electron chi connectivity index (χ2n) is 3.78. The van der Waals surface area contributed by atoms with E-state index in [9.17, 15) is 4.79 Å². The summed E-state index contributed by atoms with van der Waals surface area (Å²) in [6, 6.07) is 5.61. The number of benzene rings is 1. The first-order valence-corrected chi connectivity index (χ1v) is 5.94. The second-order valence-corrected chi connectivity index (χ2v) is 5.08. The van der Waals surface area contributed by atoms with E-state index in [0.717, 1.165) is 11.2 Å². The summed E-state index contributed by atoms with van der Waals surface area (Å²) < 4.78 is 5.22. The minimum Gasteiger partial charge on any atom is -0.443 e. The molecule has 1 unspecified atom stereocenters. The largest absolute Gasteiger partial charge is 0.443 e. The van der Waals surface area contributed by atoms with Gasteiger partial charge in [0.15, 0.2) is 12.0 Å². The molecule has 0 aliphatic carbocycles. The Balaban J connectivity index is 2.12. The van der Waals surface area contributed by atoms with Gasteiger partial charge in [-0.2, -0.15) is 0 Å². The van der Waals surface area contributed by atoms with E-state index in [4.69, 9.17) is 4.42 Å². The number of aromatic nitrogens is 1. The minimum atomic E-state index is 0.123. The lowest BCUT2D eigenvalue weighted by Crippen LogP contribution is -2.24. The fourth-order valence-electron chi connectivity index (χ4n) is 1.99. The van der Waals surface area contributed by atoms with Crippen molar-refractivity contribution in [2.24, 2.45) is 0 Å². The zero-order valence-electron chi connectivity index (χ0n) is 8.39. The van der Waals surface area contributed by atoms with E-state index in [-0.39, 0.29) is 10.7 Å². The first-order valence-electron chi connectivity index (χ1n) is 5.02. The van der Waals surface area contributed by atoms with Crippen molar-refractivity contribution in [3.8, 4) is 0 Å². The normalized spacial score (nSPS) is 20.9.